The lowest BCUT2D eigenvalue weighted by Gasteiger charge is -2.04. The van der Waals surface area contributed by atoms with Crippen LogP contribution in [0.5, 0.6) is 0 Å². The quantitative estimate of drug-likeness (QED) is 0.800. The van der Waals surface area contributed by atoms with Gasteiger partial charge in [-0.05, 0) is 19.1 Å². The summed E-state index contributed by atoms with van der Waals surface area (Å²) >= 11 is 0. The molecule has 1 aromatic carbocycles. The summed E-state index contributed by atoms with van der Waals surface area (Å²) in [6, 6.07) is 8.07. The Morgan fingerprint density at radius 3 is 2.90 bits per heavy atom. The third-order valence-electron chi connectivity index (χ3n) is 2.52. The number of amidine groups is 1. The van der Waals surface area contributed by atoms with E-state index in [1.54, 1.807) is 24.3 Å². The van der Waals surface area contributed by atoms with Gasteiger partial charge in [0.05, 0.1) is 4.90 Å². The first-order valence-corrected chi connectivity index (χ1v) is 7.18. The molecule has 0 unspecified atom stereocenters. The van der Waals surface area contributed by atoms with E-state index in [-0.39, 0.29) is 17.3 Å². The maximum Gasteiger partial charge on any atom is 0.329 e. The van der Waals surface area contributed by atoms with Gasteiger partial charge in [0.25, 0.3) is 10.0 Å². The van der Waals surface area contributed by atoms with E-state index < -0.39 is 22.1 Å². The summed E-state index contributed by atoms with van der Waals surface area (Å²) < 4.78 is 30.5. The number of aliphatic imine (C=N–C) groups is 1. The molecule has 8 heteroatoms. The topological polar surface area (TPSA) is 109 Å². The van der Waals surface area contributed by atoms with Gasteiger partial charge < -0.3 is 4.74 Å². The summed E-state index contributed by atoms with van der Waals surface area (Å²) in [5.74, 6) is -0.600. The van der Waals surface area contributed by atoms with Crippen LogP contribution in [0.2, 0.25) is 0 Å². The Morgan fingerprint density at radius 1 is 1.50 bits per heavy atom. The Hall–Kier alpha value is -2.40. The molecule has 1 atom stereocenters. The van der Waals surface area contributed by atoms with Gasteiger partial charge in [0.2, 0.25) is 0 Å². The molecule has 104 valence electrons. The molecule has 1 aliphatic heterocycles. The zero-order valence-corrected chi connectivity index (χ0v) is 11.3. The number of benzene rings is 1. The van der Waals surface area contributed by atoms with Crippen LogP contribution in [0.1, 0.15) is 12.5 Å². The normalized spacial score (nSPS) is 18.7. The van der Waals surface area contributed by atoms with Crippen LogP contribution in [0.25, 0.3) is 0 Å². The molecule has 7 nitrogen and oxygen atoms in total. The lowest BCUT2D eigenvalue weighted by molar-refractivity contribution is -0.144. The van der Waals surface area contributed by atoms with Crippen molar-refractivity contribution in [1.82, 2.24) is 4.72 Å². The summed E-state index contributed by atoms with van der Waals surface area (Å²) in [5, 5.41) is 8.51. The fourth-order valence-corrected chi connectivity index (χ4v) is 2.91. The Bertz CT molecular complexity index is 718. The van der Waals surface area contributed by atoms with E-state index in [2.05, 4.69) is 9.71 Å². The van der Waals surface area contributed by atoms with Gasteiger partial charge in [-0.15, -0.1) is 0 Å². The average molecular weight is 293 g/mol. The van der Waals surface area contributed by atoms with Crippen LogP contribution in [0.3, 0.4) is 0 Å². The van der Waals surface area contributed by atoms with Gasteiger partial charge in [-0.2, -0.15) is 5.26 Å². The summed E-state index contributed by atoms with van der Waals surface area (Å²) in [6.07, 6.45) is -0.866. The van der Waals surface area contributed by atoms with E-state index >= 15 is 0 Å². The number of carbonyl (C=O) groups excluding carboxylic acids is 1. The fourth-order valence-electron chi connectivity index (χ4n) is 1.66. The lowest BCUT2D eigenvalue weighted by Crippen LogP contribution is -2.24. The van der Waals surface area contributed by atoms with Crippen LogP contribution in [0.15, 0.2) is 34.2 Å². The standard InChI is InChI=1S/C12H11N3O4S/c1-8(6-13)19-11(16)7-14-12-9-4-2-3-5-10(9)20(17,18)15-12/h2-5,8H,7H2,1H3,(H,14,15)/t8-/m0/s1. The van der Waals surface area contributed by atoms with Gasteiger partial charge in [-0.25, -0.2) is 8.42 Å². The molecule has 0 fully saturated rings. The van der Waals surface area contributed by atoms with E-state index in [1.165, 1.54) is 13.0 Å². The number of carbonyl (C=O) groups is 1. The largest absolute Gasteiger partial charge is 0.446 e. The molecule has 1 N–H and O–H groups in total. The number of fused-ring (bicyclic) bond motifs is 1. The van der Waals surface area contributed by atoms with Crippen molar-refractivity contribution in [2.75, 3.05) is 6.54 Å². The SMILES string of the molecule is C[C@@H](C#N)OC(=O)CN=C1NS(=O)(=O)c2ccccc21. The van der Waals surface area contributed by atoms with Crippen molar-refractivity contribution in [3.05, 3.63) is 29.8 Å². The third kappa shape index (κ3) is 2.78. The number of hydrogen-bond acceptors (Lipinski definition) is 6. The van der Waals surface area contributed by atoms with Crippen molar-refractivity contribution in [3.8, 4) is 6.07 Å². The molecule has 0 bridgehead atoms. The van der Waals surface area contributed by atoms with E-state index in [0.717, 1.165) is 0 Å². The molecule has 20 heavy (non-hydrogen) atoms. The fraction of sp³-hybridized carbons (Fsp3) is 0.250. The Labute approximate surface area is 115 Å². The molecule has 0 aliphatic carbocycles. The van der Waals surface area contributed by atoms with E-state index in [9.17, 15) is 13.2 Å². The number of nitrogens with one attached hydrogen (secondary N) is 1. The van der Waals surface area contributed by atoms with Gasteiger partial charge in [0, 0.05) is 5.56 Å². The van der Waals surface area contributed by atoms with Crippen LogP contribution in [-0.4, -0.2) is 32.9 Å². The van der Waals surface area contributed by atoms with E-state index in [1.807, 2.05) is 0 Å². The monoisotopic (exact) mass is 293 g/mol. The van der Waals surface area contributed by atoms with Crippen molar-refractivity contribution in [2.45, 2.75) is 17.9 Å². The molecular weight excluding hydrogens is 282 g/mol. The Balaban J connectivity index is 2.18. The summed E-state index contributed by atoms with van der Waals surface area (Å²) in [7, 11) is -3.62. The van der Waals surface area contributed by atoms with Crippen molar-refractivity contribution >= 4 is 21.8 Å². The Morgan fingerprint density at radius 2 is 2.20 bits per heavy atom. The number of nitrogens with zero attached hydrogens (tertiary/aromatic N) is 2. The molecule has 2 rings (SSSR count). The minimum Gasteiger partial charge on any atom is -0.446 e. The zero-order chi connectivity index (χ0) is 14.8. The zero-order valence-electron chi connectivity index (χ0n) is 10.5. The highest BCUT2D eigenvalue weighted by Crippen LogP contribution is 2.21. The van der Waals surface area contributed by atoms with Gasteiger partial charge in [-0.1, -0.05) is 12.1 Å². The molecule has 0 saturated carbocycles. The van der Waals surface area contributed by atoms with Crippen molar-refractivity contribution < 1.29 is 17.9 Å². The predicted molar refractivity (Wildman–Crippen MR) is 69.3 cm³/mol. The average Bonchev–Trinajstić information content (AvgIpc) is 2.68. The molecule has 1 heterocycles. The van der Waals surface area contributed by atoms with Gasteiger partial charge in [0.15, 0.2) is 6.10 Å². The number of esters is 1. The van der Waals surface area contributed by atoms with E-state index in [4.69, 9.17) is 10.00 Å². The minimum absolute atomic E-state index is 0.0992. The van der Waals surface area contributed by atoms with Gasteiger partial charge >= 0.3 is 5.97 Å². The van der Waals surface area contributed by atoms with Gasteiger partial charge in [0.1, 0.15) is 18.4 Å². The molecule has 0 spiro atoms. The molecule has 1 aromatic rings. The van der Waals surface area contributed by atoms with Crippen molar-refractivity contribution in [1.29, 1.82) is 5.26 Å². The molecule has 0 radical (unpaired) electrons. The second-order valence-corrected chi connectivity index (χ2v) is 5.68. The number of nitriles is 1. The highest BCUT2D eigenvalue weighted by atomic mass is 32.2. The summed E-state index contributed by atoms with van der Waals surface area (Å²) in [4.78, 5) is 15.4. The van der Waals surface area contributed by atoms with Crippen molar-refractivity contribution in [2.24, 2.45) is 4.99 Å². The number of hydrogen-bond donors (Lipinski definition) is 1. The first kappa shape index (κ1) is 14.0. The number of rotatable bonds is 3. The number of sulfonamides is 1. The van der Waals surface area contributed by atoms with Crippen LogP contribution >= 0.6 is 0 Å². The van der Waals surface area contributed by atoms with E-state index in [0.29, 0.717) is 5.56 Å². The van der Waals surface area contributed by atoms with Crippen LogP contribution < -0.4 is 4.72 Å². The third-order valence-corrected chi connectivity index (χ3v) is 3.92. The Kier molecular flexibility index (Phi) is 3.72. The molecule has 0 aromatic heterocycles. The highest BCUT2D eigenvalue weighted by molar-refractivity contribution is 7.90. The molecular formula is C12H11N3O4S. The first-order chi connectivity index (χ1) is 9.44. The van der Waals surface area contributed by atoms with Crippen LogP contribution in [0, 0.1) is 11.3 Å². The minimum atomic E-state index is -3.62. The van der Waals surface area contributed by atoms with Crippen LogP contribution in [-0.2, 0) is 19.6 Å². The second kappa shape index (κ2) is 5.30. The maximum atomic E-state index is 11.8. The molecule has 0 saturated heterocycles. The number of ether oxygens (including phenoxy) is 1. The summed E-state index contributed by atoms with van der Waals surface area (Å²) in [6.45, 7) is 1.07. The van der Waals surface area contributed by atoms with Crippen LogP contribution in [0.4, 0.5) is 0 Å². The van der Waals surface area contributed by atoms with Gasteiger partial charge in [-0.3, -0.25) is 14.5 Å². The highest BCUT2D eigenvalue weighted by Gasteiger charge is 2.30. The summed E-state index contributed by atoms with van der Waals surface area (Å²) in [5.41, 5.74) is 0.411. The molecule has 0 amide bonds. The van der Waals surface area contributed by atoms with Crippen molar-refractivity contribution in [3.63, 3.8) is 0 Å². The smallest absolute Gasteiger partial charge is 0.329 e. The lowest BCUT2D eigenvalue weighted by atomic mass is 10.2. The molecule has 1 aliphatic rings. The second-order valence-electron chi connectivity index (χ2n) is 4.03. The predicted octanol–water partition coefficient (Wildman–Crippen LogP) is 0.180. The first-order valence-electron chi connectivity index (χ1n) is 5.70. The maximum absolute atomic E-state index is 11.8.